The van der Waals surface area contributed by atoms with Gasteiger partial charge in [0.2, 0.25) is 0 Å². The molecule has 0 saturated carbocycles. The molecular formula is C10H15Cl2N3. The van der Waals surface area contributed by atoms with Crippen LogP contribution in [-0.4, -0.2) is 24.1 Å². The molecular weight excluding hydrogens is 233 g/mol. The maximum atomic E-state index is 5.70. The molecule has 0 amide bonds. The molecule has 2 heterocycles. The smallest absolute Gasteiger partial charge is 0.129 e. The van der Waals surface area contributed by atoms with Crippen molar-refractivity contribution in [3.63, 3.8) is 0 Å². The van der Waals surface area contributed by atoms with Gasteiger partial charge in [-0.1, -0.05) is 17.7 Å². The summed E-state index contributed by atoms with van der Waals surface area (Å²) in [6.45, 7) is 3.06. The van der Waals surface area contributed by atoms with E-state index >= 15 is 0 Å². The first kappa shape index (κ1) is 12.7. The Morgan fingerprint density at radius 2 is 2.40 bits per heavy atom. The van der Waals surface area contributed by atoms with Gasteiger partial charge in [0.05, 0.1) is 0 Å². The second-order valence-corrected chi connectivity index (χ2v) is 3.95. The number of rotatable bonds is 3. The molecule has 0 aliphatic carbocycles. The quantitative estimate of drug-likeness (QED) is 0.798. The van der Waals surface area contributed by atoms with Crippen LogP contribution in [0.1, 0.15) is 12.0 Å². The van der Waals surface area contributed by atoms with Crippen molar-refractivity contribution in [2.45, 2.75) is 19.0 Å². The summed E-state index contributed by atoms with van der Waals surface area (Å²) >= 11 is 5.70. The van der Waals surface area contributed by atoms with Crippen LogP contribution in [0.15, 0.2) is 18.3 Å². The second kappa shape index (κ2) is 6.28. The molecule has 0 radical (unpaired) electrons. The van der Waals surface area contributed by atoms with E-state index in [4.69, 9.17) is 11.6 Å². The number of hydrogen-bond acceptors (Lipinski definition) is 3. The highest BCUT2D eigenvalue weighted by molar-refractivity contribution is 6.29. The fourth-order valence-corrected chi connectivity index (χ4v) is 1.71. The van der Waals surface area contributed by atoms with Gasteiger partial charge in [0.1, 0.15) is 5.15 Å². The van der Waals surface area contributed by atoms with E-state index in [1.54, 1.807) is 0 Å². The van der Waals surface area contributed by atoms with Crippen molar-refractivity contribution in [1.82, 2.24) is 15.6 Å². The lowest BCUT2D eigenvalue weighted by Crippen LogP contribution is -2.30. The number of nitrogens with zero attached hydrogens (tertiary/aromatic N) is 1. The zero-order valence-electron chi connectivity index (χ0n) is 8.37. The van der Waals surface area contributed by atoms with E-state index in [1.165, 1.54) is 12.0 Å². The average molecular weight is 248 g/mol. The van der Waals surface area contributed by atoms with Gasteiger partial charge in [-0.2, -0.15) is 0 Å². The van der Waals surface area contributed by atoms with Crippen molar-refractivity contribution in [2.75, 3.05) is 13.1 Å². The lowest BCUT2D eigenvalue weighted by molar-refractivity contribution is 0.547. The Balaban J connectivity index is 0.00000112. The van der Waals surface area contributed by atoms with E-state index in [0.717, 1.165) is 19.6 Å². The van der Waals surface area contributed by atoms with Crippen molar-refractivity contribution in [1.29, 1.82) is 0 Å². The molecule has 2 N–H and O–H groups in total. The molecule has 1 aliphatic heterocycles. The molecule has 3 nitrogen and oxygen atoms in total. The van der Waals surface area contributed by atoms with Crippen LogP contribution >= 0.6 is 24.0 Å². The van der Waals surface area contributed by atoms with E-state index in [1.807, 2.05) is 18.3 Å². The van der Waals surface area contributed by atoms with Crippen LogP contribution in [0.4, 0.5) is 0 Å². The summed E-state index contributed by atoms with van der Waals surface area (Å²) in [7, 11) is 0. The van der Waals surface area contributed by atoms with Crippen LogP contribution in [0.2, 0.25) is 5.15 Å². The van der Waals surface area contributed by atoms with Gasteiger partial charge in [-0.15, -0.1) is 12.4 Å². The lowest BCUT2D eigenvalue weighted by Gasteiger charge is -2.10. The number of nitrogens with one attached hydrogen (secondary N) is 2. The zero-order chi connectivity index (χ0) is 9.80. The fourth-order valence-electron chi connectivity index (χ4n) is 1.60. The first-order valence-corrected chi connectivity index (χ1v) is 5.27. The van der Waals surface area contributed by atoms with Crippen LogP contribution in [0, 0.1) is 0 Å². The standard InChI is InChI=1S/C10H14ClN3.ClH/c11-10-2-1-8(6-14-10)5-13-9-3-4-12-7-9;/h1-2,6,9,12-13H,3-5,7H2;1H/t9-;/m0./s1. The minimum Gasteiger partial charge on any atom is -0.315 e. The minimum absolute atomic E-state index is 0. The molecule has 1 aliphatic rings. The maximum absolute atomic E-state index is 5.70. The SMILES string of the molecule is Cl.Clc1ccc(CN[C@H]2CCNC2)cn1. The molecule has 0 bridgehead atoms. The van der Waals surface area contributed by atoms with E-state index in [9.17, 15) is 0 Å². The number of pyridine rings is 1. The van der Waals surface area contributed by atoms with Crippen molar-refractivity contribution in [3.8, 4) is 0 Å². The third kappa shape index (κ3) is 3.95. The Bertz CT molecular complexity index is 283. The molecule has 0 unspecified atom stereocenters. The van der Waals surface area contributed by atoms with Gasteiger partial charge in [0.25, 0.3) is 0 Å². The summed E-state index contributed by atoms with van der Waals surface area (Å²) < 4.78 is 0. The van der Waals surface area contributed by atoms with Gasteiger partial charge in [0, 0.05) is 25.3 Å². The van der Waals surface area contributed by atoms with Gasteiger partial charge < -0.3 is 10.6 Å². The van der Waals surface area contributed by atoms with Crippen molar-refractivity contribution < 1.29 is 0 Å². The van der Waals surface area contributed by atoms with Crippen molar-refractivity contribution in [3.05, 3.63) is 29.0 Å². The van der Waals surface area contributed by atoms with Crippen molar-refractivity contribution >= 4 is 24.0 Å². The molecule has 84 valence electrons. The van der Waals surface area contributed by atoms with Gasteiger partial charge in [-0.3, -0.25) is 0 Å². The van der Waals surface area contributed by atoms with Crippen molar-refractivity contribution in [2.24, 2.45) is 0 Å². The Morgan fingerprint density at radius 1 is 1.53 bits per heavy atom. The molecule has 1 saturated heterocycles. The molecule has 15 heavy (non-hydrogen) atoms. The van der Waals surface area contributed by atoms with Crippen LogP contribution in [0.5, 0.6) is 0 Å². The molecule has 1 fully saturated rings. The number of aromatic nitrogens is 1. The fraction of sp³-hybridized carbons (Fsp3) is 0.500. The predicted octanol–water partition coefficient (Wildman–Crippen LogP) is 1.61. The first-order chi connectivity index (χ1) is 6.84. The summed E-state index contributed by atoms with van der Waals surface area (Å²) in [4.78, 5) is 4.03. The summed E-state index contributed by atoms with van der Waals surface area (Å²) in [5.74, 6) is 0. The molecule has 0 aromatic carbocycles. The number of hydrogen-bond donors (Lipinski definition) is 2. The Kier molecular flexibility index (Phi) is 5.32. The summed E-state index contributed by atoms with van der Waals surface area (Å²) in [5, 5.41) is 7.34. The summed E-state index contributed by atoms with van der Waals surface area (Å²) in [6, 6.07) is 4.43. The van der Waals surface area contributed by atoms with Crippen LogP contribution in [0.3, 0.4) is 0 Å². The highest BCUT2D eigenvalue weighted by atomic mass is 35.5. The van der Waals surface area contributed by atoms with Crippen LogP contribution < -0.4 is 10.6 Å². The summed E-state index contributed by atoms with van der Waals surface area (Å²) in [6.07, 6.45) is 3.03. The maximum Gasteiger partial charge on any atom is 0.129 e. The van der Waals surface area contributed by atoms with E-state index in [-0.39, 0.29) is 12.4 Å². The third-order valence-electron chi connectivity index (χ3n) is 2.44. The topological polar surface area (TPSA) is 37.0 Å². The third-order valence-corrected chi connectivity index (χ3v) is 2.67. The molecule has 5 heteroatoms. The Morgan fingerprint density at radius 3 is 3.00 bits per heavy atom. The monoisotopic (exact) mass is 247 g/mol. The number of halogens is 2. The second-order valence-electron chi connectivity index (χ2n) is 3.56. The van der Waals surface area contributed by atoms with E-state index in [0.29, 0.717) is 11.2 Å². The minimum atomic E-state index is 0. The molecule has 1 atom stereocenters. The Labute approximate surface area is 101 Å². The highest BCUT2D eigenvalue weighted by Crippen LogP contribution is 2.06. The highest BCUT2D eigenvalue weighted by Gasteiger charge is 2.12. The van der Waals surface area contributed by atoms with E-state index < -0.39 is 0 Å². The molecule has 0 spiro atoms. The van der Waals surface area contributed by atoms with Gasteiger partial charge in [0.15, 0.2) is 0 Å². The normalized spacial score (nSPS) is 19.9. The molecule has 1 aromatic rings. The van der Waals surface area contributed by atoms with Gasteiger partial charge in [-0.05, 0) is 24.6 Å². The van der Waals surface area contributed by atoms with Crippen LogP contribution in [-0.2, 0) is 6.54 Å². The lowest BCUT2D eigenvalue weighted by atomic mass is 10.2. The van der Waals surface area contributed by atoms with Crippen LogP contribution in [0.25, 0.3) is 0 Å². The Hall–Kier alpha value is -0.350. The zero-order valence-corrected chi connectivity index (χ0v) is 9.94. The van der Waals surface area contributed by atoms with Gasteiger partial charge in [-0.25, -0.2) is 4.98 Å². The van der Waals surface area contributed by atoms with Gasteiger partial charge >= 0.3 is 0 Å². The summed E-state index contributed by atoms with van der Waals surface area (Å²) in [5.41, 5.74) is 1.18. The average Bonchev–Trinajstić information content (AvgIpc) is 2.70. The predicted molar refractivity (Wildman–Crippen MR) is 64.6 cm³/mol. The molecule has 2 rings (SSSR count). The molecule has 1 aromatic heterocycles. The first-order valence-electron chi connectivity index (χ1n) is 4.89. The van der Waals surface area contributed by atoms with E-state index in [2.05, 4.69) is 15.6 Å². The largest absolute Gasteiger partial charge is 0.315 e.